The van der Waals surface area contributed by atoms with E-state index in [0.29, 0.717) is 23.6 Å². The smallest absolute Gasteiger partial charge is 0.258 e. The molecular formula is C18H17FN2O3. The van der Waals surface area contributed by atoms with Crippen LogP contribution in [0.1, 0.15) is 24.2 Å². The van der Waals surface area contributed by atoms with Crippen molar-refractivity contribution in [3.8, 4) is 5.75 Å². The van der Waals surface area contributed by atoms with Gasteiger partial charge in [-0.2, -0.15) is 0 Å². The third kappa shape index (κ3) is 2.95. The normalized spacial score (nSPS) is 16.1. The third-order valence-corrected chi connectivity index (χ3v) is 3.79. The Morgan fingerprint density at radius 2 is 2.00 bits per heavy atom. The lowest BCUT2D eigenvalue weighted by molar-refractivity contribution is -0.114. The van der Waals surface area contributed by atoms with Gasteiger partial charge in [-0.15, -0.1) is 0 Å². The molecule has 2 aromatic rings. The molecule has 0 saturated heterocycles. The molecule has 1 heterocycles. The number of para-hydroxylation sites is 2. The van der Waals surface area contributed by atoms with Crippen LogP contribution in [0.4, 0.5) is 15.8 Å². The first-order valence-electron chi connectivity index (χ1n) is 7.60. The van der Waals surface area contributed by atoms with Gasteiger partial charge >= 0.3 is 0 Å². The van der Waals surface area contributed by atoms with Gasteiger partial charge in [-0.3, -0.25) is 14.5 Å². The average Bonchev–Trinajstić information content (AvgIpc) is 2.56. The molecule has 0 saturated carbocycles. The van der Waals surface area contributed by atoms with Crippen molar-refractivity contribution in [2.75, 3.05) is 16.8 Å². The molecular weight excluding hydrogens is 311 g/mol. The molecule has 6 heteroatoms. The van der Waals surface area contributed by atoms with Gasteiger partial charge in [0, 0.05) is 12.5 Å². The molecule has 2 aromatic carbocycles. The summed E-state index contributed by atoms with van der Waals surface area (Å²) in [5.74, 6) is -0.626. The number of carbonyl (C=O) groups excluding carboxylic acids is 2. The Labute approximate surface area is 139 Å². The highest BCUT2D eigenvalue weighted by molar-refractivity contribution is 6.08. The van der Waals surface area contributed by atoms with Crippen LogP contribution < -0.4 is 15.0 Å². The van der Waals surface area contributed by atoms with Crippen LogP contribution in [-0.4, -0.2) is 24.5 Å². The summed E-state index contributed by atoms with van der Waals surface area (Å²) < 4.78 is 19.4. The summed E-state index contributed by atoms with van der Waals surface area (Å²) in [5, 5.41) is 2.39. The summed E-state index contributed by atoms with van der Waals surface area (Å²) in [7, 11) is 0. The van der Waals surface area contributed by atoms with Crippen LogP contribution in [0.3, 0.4) is 0 Å². The summed E-state index contributed by atoms with van der Waals surface area (Å²) in [6, 6.07) is 11.0. The minimum atomic E-state index is -0.586. The number of amides is 2. The van der Waals surface area contributed by atoms with Crippen LogP contribution in [0.15, 0.2) is 42.5 Å². The molecule has 1 atom stereocenters. The Balaban J connectivity index is 1.99. The number of hydrogen-bond donors (Lipinski definition) is 1. The molecule has 0 fully saturated rings. The zero-order valence-electron chi connectivity index (χ0n) is 13.4. The van der Waals surface area contributed by atoms with E-state index in [9.17, 15) is 14.0 Å². The van der Waals surface area contributed by atoms with Crippen LogP contribution in [0.5, 0.6) is 5.75 Å². The number of ether oxygens (including phenoxy) is 1. The van der Waals surface area contributed by atoms with Gasteiger partial charge in [0.25, 0.3) is 5.91 Å². The van der Waals surface area contributed by atoms with Crippen molar-refractivity contribution in [1.82, 2.24) is 0 Å². The van der Waals surface area contributed by atoms with Gasteiger partial charge in [-0.25, -0.2) is 4.39 Å². The summed E-state index contributed by atoms with van der Waals surface area (Å²) in [4.78, 5) is 25.8. The second-order valence-corrected chi connectivity index (χ2v) is 5.68. The first kappa shape index (κ1) is 16.0. The zero-order chi connectivity index (χ0) is 17.3. The van der Waals surface area contributed by atoms with E-state index in [-0.39, 0.29) is 17.6 Å². The van der Waals surface area contributed by atoms with E-state index in [4.69, 9.17) is 4.74 Å². The number of nitrogens with one attached hydrogen (secondary N) is 1. The molecule has 2 amide bonds. The van der Waals surface area contributed by atoms with Crippen LogP contribution in [0, 0.1) is 5.82 Å². The number of benzene rings is 2. The molecule has 1 unspecified atom stereocenters. The maximum absolute atomic E-state index is 13.8. The molecule has 1 aliphatic heterocycles. The highest BCUT2D eigenvalue weighted by Gasteiger charge is 2.30. The van der Waals surface area contributed by atoms with E-state index in [1.54, 1.807) is 17.0 Å². The second kappa shape index (κ2) is 6.31. The van der Waals surface area contributed by atoms with Gasteiger partial charge < -0.3 is 10.1 Å². The number of carbonyl (C=O) groups is 2. The largest absolute Gasteiger partial charge is 0.489 e. The molecule has 0 aliphatic carbocycles. The van der Waals surface area contributed by atoms with Crippen molar-refractivity contribution in [2.24, 2.45) is 0 Å². The quantitative estimate of drug-likeness (QED) is 0.921. The number of halogens is 1. The molecule has 0 radical (unpaired) electrons. The summed E-state index contributed by atoms with van der Waals surface area (Å²) in [6.07, 6.45) is 0. The number of rotatable bonds is 2. The van der Waals surface area contributed by atoms with Gasteiger partial charge in [-0.05, 0) is 37.3 Å². The number of hydrogen-bond acceptors (Lipinski definition) is 3. The van der Waals surface area contributed by atoms with E-state index >= 15 is 0 Å². The first-order valence-corrected chi connectivity index (χ1v) is 7.60. The van der Waals surface area contributed by atoms with Gasteiger partial charge in [0.1, 0.15) is 18.2 Å². The highest BCUT2D eigenvalue weighted by atomic mass is 19.1. The molecule has 24 heavy (non-hydrogen) atoms. The minimum absolute atomic E-state index is 0.0115. The third-order valence-electron chi connectivity index (χ3n) is 3.79. The molecule has 3 rings (SSSR count). The van der Waals surface area contributed by atoms with Crippen LogP contribution in [0.2, 0.25) is 0 Å². The fourth-order valence-electron chi connectivity index (χ4n) is 2.69. The van der Waals surface area contributed by atoms with E-state index in [2.05, 4.69) is 5.32 Å². The van der Waals surface area contributed by atoms with Crippen molar-refractivity contribution in [2.45, 2.75) is 19.9 Å². The maximum Gasteiger partial charge on any atom is 0.258 e. The molecule has 5 nitrogen and oxygen atoms in total. The van der Waals surface area contributed by atoms with Crippen molar-refractivity contribution < 1.29 is 18.7 Å². The van der Waals surface area contributed by atoms with Gasteiger partial charge in [0.05, 0.1) is 17.4 Å². The van der Waals surface area contributed by atoms with Crippen LogP contribution in [0.25, 0.3) is 0 Å². The Morgan fingerprint density at radius 1 is 1.25 bits per heavy atom. The Morgan fingerprint density at radius 3 is 2.75 bits per heavy atom. The summed E-state index contributed by atoms with van der Waals surface area (Å²) >= 11 is 0. The Kier molecular flexibility index (Phi) is 4.20. The van der Waals surface area contributed by atoms with Crippen molar-refractivity contribution >= 4 is 23.2 Å². The number of nitrogens with zero attached hydrogens (tertiary/aromatic N) is 1. The van der Waals surface area contributed by atoms with Crippen molar-refractivity contribution in [3.63, 3.8) is 0 Å². The van der Waals surface area contributed by atoms with Crippen molar-refractivity contribution in [1.29, 1.82) is 0 Å². The average molecular weight is 328 g/mol. The fraction of sp³-hybridized carbons (Fsp3) is 0.222. The second-order valence-electron chi connectivity index (χ2n) is 5.68. The molecule has 0 bridgehead atoms. The van der Waals surface area contributed by atoms with Crippen molar-refractivity contribution in [3.05, 3.63) is 53.8 Å². The SMILES string of the molecule is CC(=O)Nc1cc(C(=O)N2c3ccccc3OCC2C)ccc1F. The minimum Gasteiger partial charge on any atom is -0.489 e. The molecule has 0 aromatic heterocycles. The zero-order valence-corrected chi connectivity index (χ0v) is 13.4. The van der Waals surface area contributed by atoms with E-state index in [1.165, 1.54) is 25.1 Å². The van der Waals surface area contributed by atoms with Crippen LogP contribution >= 0.6 is 0 Å². The van der Waals surface area contributed by atoms with Crippen LogP contribution in [-0.2, 0) is 4.79 Å². The molecule has 0 spiro atoms. The van der Waals surface area contributed by atoms with E-state index in [0.717, 1.165) is 0 Å². The van der Waals surface area contributed by atoms with Gasteiger partial charge in [-0.1, -0.05) is 12.1 Å². The Bertz CT molecular complexity index is 807. The van der Waals surface area contributed by atoms with E-state index in [1.807, 2.05) is 19.1 Å². The first-order chi connectivity index (χ1) is 11.5. The lowest BCUT2D eigenvalue weighted by Crippen LogP contribution is -2.45. The standard InChI is InChI=1S/C18H17FN2O3/c1-11-10-24-17-6-4-3-5-16(17)21(11)18(23)13-7-8-14(19)15(9-13)20-12(2)22/h3-9,11H,10H2,1-2H3,(H,20,22). The topological polar surface area (TPSA) is 58.6 Å². The maximum atomic E-state index is 13.8. The number of anilines is 2. The predicted molar refractivity (Wildman–Crippen MR) is 88.9 cm³/mol. The Hall–Kier alpha value is -2.89. The van der Waals surface area contributed by atoms with Gasteiger partial charge in [0.2, 0.25) is 5.91 Å². The van der Waals surface area contributed by atoms with Gasteiger partial charge in [0.15, 0.2) is 0 Å². The molecule has 1 N–H and O–H groups in total. The molecule has 1 aliphatic rings. The van der Waals surface area contributed by atoms with E-state index < -0.39 is 11.7 Å². The highest BCUT2D eigenvalue weighted by Crippen LogP contribution is 2.34. The summed E-state index contributed by atoms with van der Waals surface area (Å²) in [6.45, 7) is 3.54. The lowest BCUT2D eigenvalue weighted by Gasteiger charge is -2.35. The number of fused-ring (bicyclic) bond motifs is 1. The summed E-state index contributed by atoms with van der Waals surface area (Å²) in [5.41, 5.74) is 0.956. The predicted octanol–water partition coefficient (Wildman–Crippen LogP) is 3.21. The monoisotopic (exact) mass is 328 g/mol. The molecule has 124 valence electrons. The lowest BCUT2D eigenvalue weighted by atomic mass is 10.1. The fourth-order valence-corrected chi connectivity index (χ4v) is 2.69.